The van der Waals surface area contributed by atoms with E-state index in [9.17, 15) is 0 Å². The second kappa shape index (κ2) is 9.85. The first-order chi connectivity index (χ1) is 8.84. The van der Waals surface area contributed by atoms with Gasteiger partial charge in [-0.05, 0) is 82.1 Å². The molecule has 0 amide bonds. The molecule has 1 aromatic carbocycles. The number of rotatable bonds is 2. The van der Waals surface area contributed by atoms with E-state index in [2.05, 4.69) is 21.2 Å². The van der Waals surface area contributed by atoms with E-state index in [-0.39, 0.29) is 17.1 Å². The Balaban J connectivity index is 0.000000256. The maximum Gasteiger partial charge on any atom is 2.00 e. The molecule has 0 aliphatic heterocycles. The Hall–Kier alpha value is 0.0195. The zero-order valence-corrected chi connectivity index (χ0v) is 12.9. The molecule has 10 radical (unpaired) electrons. The van der Waals surface area contributed by atoms with Gasteiger partial charge in [-0.25, -0.2) is 0 Å². The van der Waals surface area contributed by atoms with Crippen LogP contribution < -0.4 is 5.32 Å². The first-order valence-corrected chi connectivity index (χ1v) is 6.55. The monoisotopic (exact) mass is 355 g/mol. The smallest absolute Gasteiger partial charge is 0.377 e. The summed E-state index contributed by atoms with van der Waals surface area (Å²) in [5.41, 5.74) is 1.11. The van der Waals surface area contributed by atoms with Crippen LogP contribution in [0.4, 0.5) is 5.69 Å². The molecule has 2 fully saturated rings. The van der Waals surface area contributed by atoms with Crippen molar-refractivity contribution >= 4 is 21.6 Å². The summed E-state index contributed by atoms with van der Waals surface area (Å²) >= 11 is 3.40. The van der Waals surface area contributed by atoms with E-state index >= 15 is 0 Å². The Kier molecular flexibility index (Phi) is 8.85. The first-order valence-electron chi connectivity index (χ1n) is 5.75. The van der Waals surface area contributed by atoms with Gasteiger partial charge in [0.25, 0.3) is 0 Å². The zero-order valence-electron chi connectivity index (χ0n) is 10.2. The van der Waals surface area contributed by atoms with Gasteiger partial charge >= 0.3 is 17.1 Å². The predicted molar refractivity (Wildman–Crippen MR) is 79.7 cm³/mol. The topological polar surface area (TPSA) is 12.0 Å². The van der Waals surface area contributed by atoms with Crippen LogP contribution in [-0.2, 0) is 17.1 Å². The molecule has 0 aromatic heterocycles. The van der Waals surface area contributed by atoms with Crippen molar-refractivity contribution in [3.8, 4) is 0 Å². The van der Waals surface area contributed by atoms with Crippen molar-refractivity contribution in [2.24, 2.45) is 0 Å². The largest absolute Gasteiger partial charge is 2.00 e. The van der Waals surface area contributed by atoms with Gasteiger partial charge in [0.1, 0.15) is 0 Å². The molecule has 19 heavy (non-hydrogen) atoms. The third-order valence-electron chi connectivity index (χ3n) is 2.35. The number of hydrogen-bond donors (Lipinski definition) is 1. The van der Waals surface area contributed by atoms with Gasteiger partial charge in [0.2, 0.25) is 0 Å². The summed E-state index contributed by atoms with van der Waals surface area (Å²) in [6.07, 6.45) is 18.1. The Morgan fingerprint density at radius 1 is 0.684 bits per heavy atom. The molecule has 2 aliphatic rings. The Morgan fingerprint density at radius 3 is 1.63 bits per heavy atom. The van der Waals surface area contributed by atoms with E-state index in [0.29, 0.717) is 0 Å². The zero-order chi connectivity index (χ0) is 12.6. The van der Waals surface area contributed by atoms with E-state index in [0.717, 1.165) is 16.2 Å². The van der Waals surface area contributed by atoms with Gasteiger partial charge in [-0.2, -0.15) is 0 Å². The van der Waals surface area contributed by atoms with Crippen LogP contribution in [0.3, 0.4) is 0 Å². The molecule has 2 aliphatic carbocycles. The van der Waals surface area contributed by atoms with E-state index in [1.807, 2.05) is 82.1 Å². The predicted octanol–water partition coefficient (Wildman–Crippen LogP) is 4.24. The molecule has 0 spiro atoms. The van der Waals surface area contributed by atoms with Crippen molar-refractivity contribution in [1.29, 1.82) is 0 Å². The van der Waals surface area contributed by atoms with Gasteiger partial charge in [-0.15, -0.1) is 0 Å². The van der Waals surface area contributed by atoms with Crippen LogP contribution in [0, 0.1) is 63.8 Å². The molecule has 0 atom stereocenters. The summed E-state index contributed by atoms with van der Waals surface area (Å²) < 4.78 is 1.10. The van der Waals surface area contributed by atoms with Crippen molar-refractivity contribution in [2.45, 2.75) is 0 Å². The van der Waals surface area contributed by atoms with Gasteiger partial charge in [-0.1, -0.05) is 15.9 Å². The quantitative estimate of drug-likeness (QED) is 0.782. The average molecular weight is 356 g/mol. The van der Waals surface area contributed by atoms with E-state index in [4.69, 9.17) is 0 Å². The second-order valence-corrected chi connectivity index (χ2v) is 4.68. The summed E-state index contributed by atoms with van der Waals surface area (Å²) in [5, 5.41) is 3.29. The van der Waals surface area contributed by atoms with Crippen LogP contribution in [-0.4, -0.2) is 0 Å². The van der Waals surface area contributed by atoms with Crippen LogP contribution in [0.25, 0.3) is 0 Å². The van der Waals surface area contributed by atoms with Crippen molar-refractivity contribution in [1.82, 2.24) is 0 Å². The number of anilines is 1. The van der Waals surface area contributed by atoms with Gasteiger partial charge in [0.15, 0.2) is 0 Å². The molecule has 0 saturated heterocycles. The number of halogens is 1. The van der Waals surface area contributed by atoms with E-state index < -0.39 is 0 Å². The standard InChI is InChI=1S/C11H9BrN.C5H5.Fe/c12-9-5-7-11(8-6-9)13-10-3-1-2-4-10;1-2-4-5-3-1;/h1-8,13H;1-5H;/q;;+2. The molecule has 1 nitrogen and oxygen atoms in total. The van der Waals surface area contributed by atoms with Crippen molar-refractivity contribution < 1.29 is 17.1 Å². The minimum Gasteiger partial charge on any atom is -0.377 e. The fraction of sp³-hybridized carbons (Fsp3) is 0. The summed E-state index contributed by atoms with van der Waals surface area (Å²) in [4.78, 5) is 0. The molecular weight excluding hydrogens is 342 g/mol. The van der Waals surface area contributed by atoms with E-state index in [1.165, 1.54) is 0 Å². The van der Waals surface area contributed by atoms with Gasteiger partial charge in [-0.3, -0.25) is 0 Å². The summed E-state index contributed by atoms with van der Waals surface area (Å²) in [6.45, 7) is 0. The summed E-state index contributed by atoms with van der Waals surface area (Å²) in [5.74, 6) is 0. The average Bonchev–Trinajstić information content (AvgIpc) is 3.07. The number of benzene rings is 1. The molecule has 96 valence electrons. The van der Waals surface area contributed by atoms with Crippen LogP contribution >= 0.6 is 15.9 Å². The van der Waals surface area contributed by atoms with Crippen LogP contribution in [0.5, 0.6) is 0 Å². The minimum absolute atomic E-state index is 0. The van der Waals surface area contributed by atoms with Gasteiger partial charge in [0.05, 0.1) is 6.04 Å². The van der Waals surface area contributed by atoms with Crippen LogP contribution in [0.2, 0.25) is 0 Å². The van der Waals surface area contributed by atoms with Crippen molar-refractivity contribution in [2.75, 3.05) is 5.32 Å². The Bertz CT molecular complexity index is 321. The molecular formula is C16H14BrFeN+2. The second-order valence-electron chi connectivity index (χ2n) is 3.77. The molecule has 3 heteroatoms. The van der Waals surface area contributed by atoms with Crippen LogP contribution in [0.1, 0.15) is 0 Å². The Morgan fingerprint density at radius 2 is 1.16 bits per heavy atom. The molecule has 0 heterocycles. The SMILES string of the molecule is Brc1ccc(N[C]2[CH][CH][CH][CH]2)cc1.[CH]1[CH][CH][CH][CH]1.[Fe+2]. The molecule has 2 saturated carbocycles. The van der Waals surface area contributed by atoms with Gasteiger partial charge in [0, 0.05) is 10.2 Å². The normalized spacial score (nSPS) is 18.4. The fourth-order valence-electron chi connectivity index (χ4n) is 1.48. The minimum atomic E-state index is 0. The van der Waals surface area contributed by atoms with Gasteiger partial charge < -0.3 is 5.32 Å². The van der Waals surface area contributed by atoms with Crippen molar-refractivity contribution in [3.63, 3.8) is 0 Å². The molecule has 0 bridgehead atoms. The number of nitrogens with one attached hydrogen (secondary N) is 1. The third kappa shape index (κ3) is 6.83. The Labute approximate surface area is 136 Å². The maximum atomic E-state index is 3.40. The third-order valence-corrected chi connectivity index (χ3v) is 2.88. The summed E-state index contributed by atoms with van der Waals surface area (Å²) in [7, 11) is 0. The van der Waals surface area contributed by atoms with E-state index in [1.54, 1.807) is 0 Å². The van der Waals surface area contributed by atoms with Crippen molar-refractivity contribution in [3.05, 3.63) is 92.6 Å². The molecule has 0 unspecified atom stereocenters. The fourth-order valence-corrected chi connectivity index (χ4v) is 1.74. The molecule has 1 aromatic rings. The first kappa shape index (κ1) is 17.1. The molecule has 3 rings (SSSR count). The molecule has 1 N–H and O–H groups in total. The summed E-state index contributed by atoms with van der Waals surface area (Å²) in [6, 6.07) is 9.24. The maximum absolute atomic E-state index is 3.40. The van der Waals surface area contributed by atoms with Crippen LogP contribution in [0.15, 0.2) is 28.7 Å². The number of hydrogen-bond acceptors (Lipinski definition) is 1.